The molecule has 3 aliphatic rings. The van der Waals surface area contributed by atoms with Gasteiger partial charge in [-0.15, -0.1) is 0 Å². The average Bonchev–Trinajstić information content (AvgIpc) is 3.60. The van der Waals surface area contributed by atoms with Gasteiger partial charge in [0.05, 0.1) is 17.3 Å². The number of carbonyl (C=O) groups is 1. The quantitative estimate of drug-likeness (QED) is 0.545. The molecule has 5 heterocycles. The summed E-state index contributed by atoms with van der Waals surface area (Å²) in [5, 5.41) is 8.56. The number of likely N-dealkylation sites (N-methyl/N-ethyl adjacent to an activating group) is 1. The molecule has 1 N–H and O–H groups in total. The average molecular weight is 504 g/mol. The molecule has 0 spiro atoms. The maximum Gasteiger partial charge on any atom is 0.258 e. The van der Waals surface area contributed by atoms with Crippen LogP contribution in [0.3, 0.4) is 0 Å². The van der Waals surface area contributed by atoms with Crippen LogP contribution >= 0.6 is 0 Å². The fourth-order valence-corrected chi connectivity index (χ4v) is 5.80. The lowest BCUT2D eigenvalue weighted by Gasteiger charge is -2.35. The summed E-state index contributed by atoms with van der Waals surface area (Å²) in [7, 11) is 2.11. The highest BCUT2D eigenvalue weighted by molar-refractivity contribution is 5.97. The summed E-state index contributed by atoms with van der Waals surface area (Å²) >= 11 is 0. The van der Waals surface area contributed by atoms with Crippen molar-refractivity contribution in [2.45, 2.75) is 45.1 Å². The van der Waals surface area contributed by atoms with Crippen molar-refractivity contribution in [2.24, 2.45) is 0 Å². The van der Waals surface area contributed by atoms with Crippen LogP contribution < -0.4 is 19.9 Å². The fraction of sp³-hybridized carbons (Fsp3) is 0.536. The maximum absolute atomic E-state index is 14.0. The van der Waals surface area contributed by atoms with Gasteiger partial charge in [-0.25, -0.2) is 4.98 Å². The second-order valence-electron chi connectivity index (χ2n) is 10.5. The van der Waals surface area contributed by atoms with Gasteiger partial charge in [-0.05, 0) is 51.2 Å². The fourth-order valence-electron chi connectivity index (χ4n) is 5.80. The molecule has 6 rings (SSSR count). The van der Waals surface area contributed by atoms with E-state index in [1.165, 1.54) is 12.8 Å². The van der Waals surface area contributed by atoms with Gasteiger partial charge in [-0.1, -0.05) is 11.6 Å². The highest BCUT2D eigenvalue weighted by Gasteiger charge is 2.33. The summed E-state index contributed by atoms with van der Waals surface area (Å²) in [5.41, 5.74) is 3.44. The van der Waals surface area contributed by atoms with Gasteiger partial charge in [-0.3, -0.25) is 4.79 Å². The van der Waals surface area contributed by atoms with Crippen molar-refractivity contribution in [1.29, 1.82) is 0 Å². The Morgan fingerprint density at radius 2 is 1.84 bits per heavy atom. The maximum atomic E-state index is 14.0. The van der Waals surface area contributed by atoms with E-state index in [4.69, 9.17) is 14.8 Å². The van der Waals surface area contributed by atoms with E-state index < -0.39 is 0 Å². The number of nitrogens with one attached hydrogen (secondary N) is 1. The molecule has 2 fully saturated rings. The van der Waals surface area contributed by atoms with Crippen molar-refractivity contribution in [3.8, 4) is 5.75 Å². The molecule has 2 saturated heterocycles. The summed E-state index contributed by atoms with van der Waals surface area (Å²) in [5.74, 6) is 2.71. The number of benzene rings is 1. The smallest absolute Gasteiger partial charge is 0.258 e. The zero-order valence-corrected chi connectivity index (χ0v) is 21.9. The van der Waals surface area contributed by atoms with Crippen LogP contribution in [0.5, 0.6) is 5.75 Å². The third-order valence-corrected chi connectivity index (χ3v) is 7.87. The molecule has 1 amide bonds. The van der Waals surface area contributed by atoms with Gasteiger partial charge >= 0.3 is 0 Å². The second kappa shape index (κ2) is 10.2. The Morgan fingerprint density at radius 3 is 2.70 bits per heavy atom. The predicted octanol–water partition coefficient (Wildman–Crippen LogP) is 3.42. The number of aryl methyl sites for hydroxylation is 1. The van der Waals surface area contributed by atoms with Crippen molar-refractivity contribution in [2.75, 3.05) is 62.7 Å². The molecule has 3 aromatic rings. The number of hydrogen-bond acceptors (Lipinski definition) is 7. The first kappa shape index (κ1) is 24.0. The Labute approximate surface area is 218 Å². The summed E-state index contributed by atoms with van der Waals surface area (Å²) in [4.78, 5) is 25.6. The predicted molar refractivity (Wildman–Crippen MR) is 145 cm³/mol. The number of piperidine rings is 1. The van der Waals surface area contributed by atoms with E-state index in [0.717, 1.165) is 74.0 Å². The topological polar surface area (TPSA) is 78.2 Å². The van der Waals surface area contributed by atoms with E-state index in [0.29, 0.717) is 31.0 Å². The SMILES string of the molecule is Cc1ccc2c(c1)C(=O)N1CCCCC1c1cc3nc(N4CCCC4)cc(n3n1)N(C)CCNCCO2. The summed E-state index contributed by atoms with van der Waals surface area (Å²) < 4.78 is 8.08. The first-order valence-corrected chi connectivity index (χ1v) is 13.7. The third kappa shape index (κ3) is 4.72. The van der Waals surface area contributed by atoms with Crippen LogP contribution in [0.2, 0.25) is 0 Å². The number of anilines is 2. The van der Waals surface area contributed by atoms with E-state index in [2.05, 4.69) is 34.3 Å². The van der Waals surface area contributed by atoms with Crippen LogP contribution in [0.15, 0.2) is 30.3 Å². The van der Waals surface area contributed by atoms with Crippen LogP contribution in [0.25, 0.3) is 5.65 Å². The molecular weight excluding hydrogens is 466 g/mol. The largest absolute Gasteiger partial charge is 0.491 e. The van der Waals surface area contributed by atoms with Crippen LogP contribution in [0, 0.1) is 6.92 Å². The molecule has 3 aliphatic heterocycles. The monoisotopic (exact) mass is 503 g/mol. The minimum absolute atomic E-state index is 0.0172. The number of aromatic nitrogens is 3. The first-order chi connectivity index (χ1) is 18.1. The summed E-state index contributed by atoms with van der Waals surface area (Å²) in [6.07, 6.45) is 5.37. The standard InChI is InChI=1S/C28H37N7O2/c1-20-8-9-24-21(17-20)28(36)34-14-4-3-7-23(34)22-18-26-30-25(33-12-5-6-13-33)19-27(35(26)31-22)32(2)15-10-29-11-16-37-24/h8-9,17-19,23,29H,3-7,10-16H2,1-2H3. The number of carbonyl (C=O) groups excluding carboxylic acids is 1. The molecule has 196 valence electrons. The molecule has 0 radical (unpaired) electrons. The van der Waals surface area contributed by atoms with Crippen LogP contribution in [-0.4, -0.2) is 78.3 Å². The van der Waals surface area contributed by atoms with Crippen molar-refractivity contribution in [3.63, 3.8) is 0 Å². The van der Waals surface area contributed by atoms with Crippen molar-refractivity contribution >= 4 is 23.2 Å². The van der Waals surface area contributed by atoms with E-state index in [1.54, 1.807) is 0 Å². The Balaban J connectivity index is 1.45. The van der Waals surface area contributed by atoms with E-state index in [1.807, 2.05) is 34.5 Å². The Morgan fingerprint density at radius 1 is 1.00 bits per heavy atom. The zero-order valence-electron chi connectivity index (χ0n) is 21.9. The minimum atomic E-state index is -0.0840. The van der Waals surface area contributed by atoms with E-state index >= 15 is 0 Å². The van der Waals surface area contributed by atoms with Gasteiger partial charge in [0.2, 0.25) is 0 Å². The first-order valence-electron chi connectivity index (χ1n) is 13.7. The molecule has 2 aromatic heterocycles. The molecular formula is C28H37N7O2. The summed E-state index contributed by atoms with van der Waals surface area (Å²) in [6.45, 7) is 7.67. The lowest BCUT2D eigenvalue weighted by Crippen LogP contribution is -2.39. The highest BCUT2D eigenvalue weighted by atomic mass is 16.5. The normalized spacial score (nSPS) is 21.3. The number of amides is 1. The lowest BCUT2D eigenvalue weighted by atomic mass is 9.97. The van der Waals surface area contributed by atoms with Crippen molar-refractivity contribution in [3.05, 3.63) is 47.2 Å². The van der Waals surface area contributed by atoms with Gasteiger partial charge in [0.1, 0.15) is 24.0 Å². The Hall–Kier alpha value is -3.33. The molecule has 9 heteroatoms. The second-order valence-corrected chi connectivity index (χ2v) is 10.5. The van der Waals surface area contributed by atoms with E-state index in [9.17, 15) is 4.79 Å². The van der Waals surface area contributed by atoms with Crippen molar-refractivity contribution < 1.29 is 9.53 Å². The zero-order chi connectivity index (χ0) is 25.4. The summed E-state index contributed by atoms with van der Waals surface area (Å²) in [6, 6.07) is 10.1. The van der Waals surface area contributed by atoms with Crippen LogP contribution in [0.1, 0.15) is 59.8 Å². The number of fused-ring (bicyclic) bond motifs is 4. The highest BCUT2D eigenvalue weighted by Crippen LogP contribution is 2.35. The molecule has 37 heavy (non-hydrogen) atoms. The van der Waals surface area contributed by atoms with Gasteiger partial charge in [0.15, 0.2) is 5.65 Å². The minimum Gasteiger partial charge on any atom is -0.491 e. The molecule has 0 aliphatic carbocycles. The van der Waals surface area contributed by atoms with Crippen LogP contribution in [0.4, 0.5) is 11.6 Å². The molecule has 9 nitrogen and oxygen atoms in total. The third-order valence-electron chi connectivity index (χ3n) is 7.87. The van der Waals surface area contributed by atoms with Gasteiger partial charge < -0.3 is 24.8 Å². The molecule has 1 atom stereocenters. The number of hydrogen-bond donors (Lipinski definition) is 1. The molecule has 2 bridgehead atoms. The van der Waals surface area contributed by atoms with Crippen LogP contribution in [-0.2, 0) is 0 Å². The van der Waals surface area contributed by atoms with Gasteiger partial charge in [0.25, 0.3) is 5.91 Å². The number of rotatable bonds is 1. The Kier molecular flexibility index (Phi) is 6.63. The number of ether oxygens (including phenoxy) is 1. The Bertz CT molecular complexity index is 1280. The van der Waals surface area contributed by atoms with Crippen molar-refractivity contribution in [1.82, 2.24) is 24.8 Å². The molecule has 1 aromatic carbocycles. The lowest BCUT2D eigenvalue weighted by molar-refractivity contribution is 0.0601. The van der Waals surface area contributed by atoms with E-state index in [-0.39, 0.29) is 11.9 Å². The van der Waals surface area contributed by atoms with Gasteiger partial charge in [-0.2, -0.15) is 9.61 Å². The molecule has 1 unspecified atom stereocenters. The van der Waals surface area contributed by atoms with Gasteiger partial charge in [0, 0.05) is 58.4 Å². The number of nitrogens with zero attached hydrogens (tertiary/aromatic N) is 6. The molecule has 0 saturated carbocycles.